The summed E-state index contributed by atoms with van der Waals surface area (Å²) in [5.74, 6) is 1.86. The van der Waals surface area contributed by atoms with Crippen LogP contribution < -0.4 is 10.6 Å². The first-order valence-electron chi connectivity index (χ1n) is 9.86. The number of amides is 1. The van der Waals surface area contributed by atoms with Gasteiger partial charge in [0.1, 0.15) is 0 Å². The normalized spacial score (nSPS) is 20.3. The molecular weight excluding hydrogens is 441 g/mol. The fourth-order valence-corrected chi connectivity index (χ4v) is 4.11. The first-order chi connectivity index (χ1) is 11.9. The molecule has 2 N–H and O–H groups in total. The minimum atomic E-state index is 0. The smallest absolute Gasteiger partial charge is 0.219 e. The maximum Gasteiger partial charge on any atom is 0.219 e. The van der Waals surface area contributed by atoms with Gasteiger partial charge < -0.3 is 15.5 Å². The first-order valence-corrected chi connectivity index (χ1v) is 9.86. The number of halogens is 1. The molecule has 2 fully saturated rings. The van der Waals surface area contributed by atoms with Crippen LogP contribution in [0.1, 0.15) is 46.5 Å². The Morgan fingerprint density at radius 1 is 1.15 bits per heavy atom. The summed E-state index contributed by atoms with van der Waals surface area (Å²) in [7, 11) is 1.84. The Hall–Kier alpha value is -0.570. The molecule has 7 heteroatoms. The lowest BCUT2D eigenvalue weighted by Gasteiger charge is -2.43. The van der Waals surface area contributed by atoms with Gasteiger partial charge in [0.15, 0.2) is 5.96 Å². The molecule has 0 atom stereocenters. The van der Waals surface area contributed by atoms with Crippen LogP contribution in [-0.2, 0) is 4.79 Å². The van der Waals surface area contributed by atoms with Crippen LogP contribution in [0, 0.1) is 11.3 Å². The second-order valence-electron chi connectivity index (χ2n) is 8.15. The van der Waals surface area contributed by atoms with Gasteiger partial charge in [-0.05, 0) is 30.6 Å². The third kappa shape index (κ3) is 7.21. The van der Waals surface area contributed by atoms with Crippen LogP contribution in [0.25, 0.3) is 0 Å². The zero-order valence-electron chi connectivity index (χ0n) is 17.0. The molecule has 0 aromatic rings. The van der Waals surface area contributed by atoms with E-state index in [1.165, 1.54) is 25.7 Å². The van der Waals surface area contributed by atoms with E-state index in [2.05, 4.69) is 34.4 Å². The van der Waals surface area contributed by atoms with Gasteiger partial charge in [0.05, 0.1) is 0 Å². The molecule has 0 aromatic carbocycles. The summed E-state index contributed by atoms with van der Waals surface area (Å²) in [5, 5.41) is 6.99. The highest BCUT2D eigenvalue weighted by Crippen LogP contribution is 2.45. The van der Waals surface area contributed by atoms with E-state index in [-0.39, 0.29) is 29.9 Å². The molecule has 26 heavy (non-hydrogen) atoms. The zero-order valence-corrected chi connectivity index (χ0v) is 19.3. The molecular formula is C19H38IN5O. The Balaban J connectivity index is 0.00000338. The number of aliphatic imine (C=N–C) groups is 1. The van der Waals surface area contributed by atoms with Gasteiger partial charge in [-0.1, -0.05) is 20.3 Å². The van der Waals surface area contributed by atoms with Crippen molar-refractivity contribution < 1.29 is 4.79 Å². The molecule has 0 bridgehead atoms. The highest BCUT2D eigenvalue weighted by atomic mass is 127. The van der Waals surface area contributed by atoms with Crippen molar-refractivity contribution in [2.75, 3.05) is 52.9 Å². The maximum atomic E-state index is 11.4. The molecule has 1 aliphatic carbocycles. The van der Waals surface area contributed by atoms with Crippen LogP contribution in [0.5, 0.6) is 0 Å². The van der Waals surface area contributed by atoms with E-state index in [1.54, 1.807) is 6.92 Å². The van der Waals surface area contributed by atoms with Gasteiger partial charge in [0, 0.05) is 59.8 Å². The van der Waals surface area contributed by atoms with Crippen molar-refractivity contribution in [3.05, 3.63) is 0 Å². The number of carbonyl (C=O) groups excluding carboxylic acids is 1. The average Bonchev–Trinajstić information content (AvgIpc) is 2.55. The van der Waals surface area contributed by atoms with Gasteiger partial charge in [-0.2, -0.15) is 0 Å². The minimum absolute atomic E-state index is 0. The van der Waals surface area contributed by atoms with Crippen LogP contribution >= 0.6 is 24.0 Å². The van der Waals surface area contributed by atoms with Crippen LogP contribution in [-0.4, -0.2) is 74.5 Å². The SMILES string of the molecule is CN=C(NCCN1CCN(C(C)=O)CC1)NCC1(CC(C)C)CCC1.I. The largest absolute Gasteiger partial charge is 0.356 e. The Labute approximate surface area is 176 Å². The molecule has 1 amide bonds. The van der Waals surface area contributed by atoms with E-state index in [0.29, 0.717) is 5.41 Å². The number of hydrogen-bond donors (Lipinski definition) is 2. The maximum absolute atomic E-state index is 11.4. The Morgan fingerprint density at radius 2 is 1.81 bits per heavy atom. The average molecular weight is 479 g/mol. The number of nitrogens with zero attached hydrogens (tertiary/aromatic N) is 3. The van der Waals surface area contributed by atoms with Crippen molar-refractivity contribution in [1.82, 2.24) is 20.4 Å². The van der Waals surface area contributed by atoms with Crippen molar-refractivity contribution in [2.45, 2.75) is 46.5 Å². The van der Waals surface area contributed by atoms with Crippen molar-refractivity contribution in [1.29, 1.82) is 0 Å². The van der Waals surface area contributed by atoms with Crippen LogP contribution in [0.15, 0.2) is 4.99 Å². The van der Waals surface area contributed by atoms with E-state index in [1.807, 2.05) is 11.9 Å². The van der Waals surface area contributed by atoms with Crippen molar-refractivity contribution in [3.8, 4) is 0 Å². The molecule has 1 aliphatic heterocycles. The Morgan fingerprint density at radius 3 is 2.27 bits per heavy atom. The van der Waals surface area contributed by atoms with Gasteiger partial charge >= 0.3 is 0 Å². The highest BCUT2D eigenvalue weighted by Gasteiger charge is 2.37. The number of hydrogen-bond acceptors (Lipinski definition) is 3. The predicted molar refractivity (Wildman–Crippen MR) is 119 cm³/mol. The predicted octanol–water partition coefficient (Wildman–Crippen LogP) is 2.15. The molecule has 2 rings (SSSR count). The van der Waals surface area contributed by atoms with E-state index in [4.69, 9.17) is 0 Å². The molecule has 152 valence electrons. The quantitative estimate of drug-likeness (QED) is 0.334. The van der Waals surface area contributed by atoms with Gasteiger partial charge in [-0.3, -0.25) is 14.7 Å². The molecule has 2 aliphatic rings. The number of guanidine groups is 1. The molecule has 1 heterocycles. The summed E-state index contributed by atoms with van der Waals surface area (Å²) in [6.07, 6.45) is 5.36. The summed E-state index contributed by atoms with van der Waals surface area (Å²) in [4.78, 5) is 20.1. The molecule has 0 aromatic heterocycles. The lowest BCUT2D eigenvalue weighted by Crippen LogP contribution is -2.51. The molecule has 0 radical (unpaired) electrons. The van der Waals surface area contributed by atoms with Gasteiger partial charge in [0.2, 0.25) is 5.91 Å². The fourth-order valence-electron chi connectivity index (χ4n) is 4.11. The van der Waals surface area contributed by atoms with E-state index in [0.717, 1.165) is 57.7 Å². The summed E-state index contributed by atoms with van der Waals surface area (Å²) < 4.78 is 0. The molecule has 6 nitrogen and oxygen atoms in total. The molecule has 0 unspecified atom stereocenters. The van der Waals surface area contributed by atoms with Gasteiger partial charge in [0.25, 0.3) is 0 Å². The number of piperazine rings is 1. The highest BCUT2D eigenvalue weighted by molar-refractivity contribution is 14.0. The number of carbonyl (C=O) groups is 1. The Bertz CT molecular complexity index is 457. The zero-order chi connectivity index (χ0) is 18.3. The van der Waals surface area contributed by atoms with Gasteiger partial charge in [-0.15, -0.1) is 24.0 Å². The van der Waals surface area contributed by atoms with E-state index in [9.17, 15) is 4.79 Å². The third-order valence-corrected chi connectivity index (χ3v) is 5.65. The van der Waals surface area contributed by atoms with E-state index >= 15 is 0 Å². The monoisotopic (exact) mass is 479 g/mol. The van der Waals surface area contributed by atoms with E-state index < -0.39 is 0 Å². The van der Waals surface area contributed by atoms with Crippen LogP contribution in [0.3, 0.4) is 0 Å². The Kier molecular flexibility index (Phi) is 10.2. The standard InChI is InChI=1S/C19H37N5O.HI/c1-16(2)14-19(6-5-7-19)15-22-18(20-4)21-8-9-23-10-12-24(13-11-23)17(3)25;/h16H,5-15H2,1-4H3,(H2,20,21,22);1H. The molecule has 1 saturated carbocycles. The summed E-state index contributed by atoms with van der Waals surface area (Å²) >= 11 is 0. The lowest BCUT2D eigenvalue weighted by atomic mass is 9.64. The third-order valence-electron chi connectivity index (χ3n) is 5.65. The second-order valence-corrected chi connectivity index (χ2v) is 8.15. The van der Waals surface area contributed by atoms with Crippen LogP contribution in [0.4, 0.5) is 0 Å². The molecule has 0 spiro atoms. The summed E-state index contributed by atoms with van der Waals surface area (Å²) in [5.41, 5.74) is 0.481. The van der Waals surface area contributed by atoms with Crippen molar-refractivity contribution in [2.24, 2.45) is 16.3 Å². The summed E-state index contributed by atoms with van der Waals surface area (Å²) in [6.45, 7) is 12.8. The minimum Gasteiger partial charge on any atom is -0.356 e. The number of rotatable bonds is 7. The van der Waals surface area contributed by atoms with Crippen molar-refractivity contribution >= 4 is 35.8 Å². The summed E-state index contributed by atoms with van der Waals surface area (Å²) in [6, 6.07) is 0. The number of nitrogens with one attached hydrogen (secondary N) is 2. The van der Waals surface area contributed by atoms with Gasteiger partial charge in [-0.25, -0.2) is 0 Å². The van der Waals surface area contributed by atoms with Crippen molar-refractivity contribution in [3.63, 3.8) is 0 Å². The molecule has 1 saturated heterocycles. The first kappa shape index (κ1) is 23.5. The fraction of sp³-hybridized carbons (Fsp3) is 0.895. The lowest BCUT2D eigenvalue weighted by molar-refractivity contribution is -0.130. The van der Waals surface area contributed by atoms with Crippen LogP contribution in [0.2, 0.25) is 0 Å². The second kappa shape index (κ2) is 11.3. The topological polar surface area (TPSA) is 60.0 Å².